The smallest absolute Gasteiger partial charge is 0.255 e. The molecule has 4 aliphatic heterocycles. The molecule has 5 aliphatic rings. The molecule has 18 heteroatoms. The second kappa shape index (κ2) is 22.0. The number of Topliss-reactive ketones (excluding diaryl/α,β-unsaturated/α-hetero) is 1. The first kappa shape index (κ1) is 50.9. The standard InChI is InChI=1S/C54H57Cl2FN6O9/c1-32-11-18-44(49(66)59-32)63-31-40-34(7-5-8-38(40)51(63)68)29-37(64)19-23-70-25-27-72-28-26-71-24-22-58-48(65)33-12-15-36(16-13-33)60-50(67)47-45(39-9-6-10-42(56)46(39)57)54(53(62-47)20-3-2-4-21-53)41-17-14-35(55)30-43(41)61-52(54)69/h5-10,12-17,30,44-45,47,62H,1-4,11,18-29,31H2,(H,58,65)(H,59,66)(H,60,67)(H,61,69)/t44?,45-,47+,54+/m0/s1. The van der Waals surface area contributed by atoms with Crippen molar-refractivity contribution in [2.24, 2.45) is 0 Å². The number of nitrogens with zero attached hydrogens (tertiary/aromatic N) is 1. The molecule has 5 amide bonds. The van der Waals surface area contributed by atoms with Gasteiger partial charge in [0.25, 0.3) is 11.8 Å². The molecule has 2 saturated heterocycles. The van der Waals surface area contributed by atoms with E-state index >= 15 is 4.39 Å². The zero-order valence-electron chi connectivity index (χ0n) is 39.7. The number of amides is 5. The normalized spacial score (nSPS) is 21.9. The lowest BCUT2D eigenvalue weighted by molar-refractivity contribution is -0.126. The average Bonchev–Trinajstić information content (AvgIpc) is 3.96. The fourth-order valence-electron chi connectivity index (χ4n) is 11.4. The van der Waals surface area contributed by atoms with Crippen LogP contribution in [0.1, 0.15) is 100 Å². The summed E-state index contributed by atoms with van der Waals surface area (Å²) in [5.74, 6) is -3.27. The van der Waals surface area contributed by atoms with Crippen LogP contribution in [0.5, 0.6) is 0 Å². The van der Waals surface area contributed by atoms with Gasteiger partial charge < -0.3 is 40.4 Å². The van der Waals surface area contributed by atoms with Gasteiger partial charge in [-0.25, -0.2) is 4.39 Å². The Labute approximate surface area is 426 Å². The first-order valence-corrected chi connectivity index (χ1v) is 25.2. The molecular formula is C54H57Cl2FN6O9. The summed E-state index contributed by atoms with van der Waals surface area (Å²) in [7, 11) is 0. The van der Waals surface area contributed by atoms with Crippen LogP contribution in [0.4, 0.5) is 15.8 Å². The largest absolute Gasteiger partial charge is 0.379 e. The summed E-state index contributed by atoms with van der Waals surface area (Å²) in [6, 6.07) is 20.0. The van der Waals surface area contributed by atoms with Gasteiger partial charge in [-0.1, -0.05) is 79.4 Å². The molecular weight excluding hydrogens is 967 g/mol. The molecule has 5 N–H and O–H groups in total. The summed E-state index contributed by atoms with van der Waals surface area (Å²) < 4.78 is 33.1. The number of hydrogen-bond acceptors (Lipinski definition) is 10. The van der Waals surface area contributed by atoms with E-state index in [2.05, 4.69) is 33.2 Å². The number of halogens is 3. The van der Waals surface area contributed by atoms with Gasteiger partial charge in [0.05, 0.1) is 50.7 Å². The summed E-state index contributed by atoms with van der Waals surface area (Å²) >= 11 is 12.8. The molecule has 72 heavy (non-hydrogen) atoms. The highest BCUT2D eigenvalue weighted by Crippen LogP contribution is 2.63. The molecule has 9 rings (SSSR count). The highest BCUT2D eigenvalue weighted by atomic mass is 35.5. The first-order chi connectivity index (χ1) is 34.8. The van der Waals surface area contributed by atoms with E-state index in [4.69, 9.17) is 37.4 Å². The van der Waals surface area contributed by atoms with Crippen molar-refractivity contribution in [2.45, 2.75) is 93.3 Å². The maximum Gasteiger partial charge on any atom is 0.255 e. The van der Waals surface area contributed by atoms with Gasteiger partial charge in [0.2, 0.25) is 17.7 Å². The Kier molecular flexibility index (Phi) is 15.6. The predicted octanol–water partition coefficient (Wildman–Crippen LogP) is 7.15. The van der Waals surface area contributed by atoms with Crippen molar-refractivity contribution < 1.29 is 47.4 Å². The Bertz CT molecular complexity index is 2790. The van der Waals surface area contributed by atoms with E-state index in [1.165, 1.54) is 6.07 Å². The van der Waals surface area contributed by atoms with Crippen LogP contribution in [-0.2, 0) is 51.8 Å². The topological polar surface area (TPSA) is 193 Å². The highest BCUT2D eigenvalue weighted by Gasteiger charge is 2.72. The maximum atomic E-state index is 16.2. The van der Waals surface area contributed by atoms with Gasteiger partial charge in [0, 0.05) is 70.6 Å². The van der Waals surface area contributed by atoms with Crippen molar-refractivity contribution in [3.8, 4) is 0 Å². The summed E-state index contributed by atoms with van der Waals surface area (Å²) in [4.78, 5) is 82.3. The van der Waals surface area contributed by atoms with Gasteiger partial charge in [0.1, 0.15) is 23.1 Å². The van der Waals surface area contributed by atoms with Crippen LogP contribution in [0, 0.1) is 5.82 Å². The lowest BCUT2D eigenvalue weighted by Gasteiger charge is -2.47. The molecule has 378 valence electrons. The summed E-state index contributed by atoms with van der Waals surface area (Å²) in [6.45, 7) is 5.99. The van der Waals surface area contributed by atoms with Crippen LogP contribution in [-0.4, -0.2) is 104 Å². The second-order valence-electron chi connectivity index (χ2n) is 19.0. The van der Waals surface area contributed by atoms with Crippen LogP contribution < -0.4 is 26.6 Å². The number of rotatable bonds is 19. The first-order valence-electron chi connectivity index (χ1n) is 24.5. The zero-order chi connectivity index (χ0) is 50.6. The van der Waals surface area contributed by atoms with Crippen molar-refractivity contribution >= 4 is 69.9 Å². The molecule has 0 radical (unpaired) electrons. The highest BCUT2D eigenvalue weighted by molar-refractivity contribution is 6.31. The molecule has 3 fully saturated rings. The fourth-order valence-corrected chi connectivity index (χ4v) is 11.8. The van der Waals surface area contributed by atoms with E-state index in [1.54, 1.807) is 71.6 Å². The van der Waals surface area contributed by atoms with E-state index in [-0.39, 0.29) is 85.7 Å². The Morgan fingerprint density at radius 3 is 2.32 bits per heavy atom. The Morgan fingerprint density at radius 1 is 0.847 bits per heavy atom. The van der Waals surface area contributed by atoms with E-state index < -0.39 is 40.7 Å². The van der Waals surface area contributed by atoms with Crippen LogP contribution in [0.25, 0.3) is 0 Å². The summed E-state index contributed by atoms with van der Waals surface area (Å²) in [5, 5.41) is 15.5. The maximum absolute atomic E-state index is 16.2. The number of benzene rings is 4. The minimum Gasteiger partial charge on any atom is -0.379 e. The molecule has 15 nitrogen and oxygen atoms in total. The number of allylic oxidation sites excluding steroid dienone is 1. The van der Waals surface area contributed by atoms with Gasteiger partial charge in [0.15, 0.2) is 0 Å². The Balaban J connectivity index is 0.694. The van der Waals surface area contributed by atoms with Crippen molar-refractivity contribution in [3.05, 3.63) is 140 Å². The molecule has 1 aliphatic carbocycles. The summed E-state index contributed by atoms with van der Waals surface area (Å²) in [5.41, 5.74) is 2.61. The third kappa shape index (κ3) is 10.0. The van der Waals surface area contributed by atoms with Gasteiger partial charge in [-0.05, 0) is 96.5 Å². The molecule has 4 atom stereocenters. The molecule has 0 bridgehead atoms. The SMILES string of the molecule is C=C1CCC(N2Cc3c(CC(=O)CCOCCOCCOCCNC(=O)c4ccc(NC(=O)[C@@H]5NC6(CCCCC6)[C@@]6(C(=O)Nc7cc(Cl)ccc76)[C@H]5c5cccc(Cl)c5F)cc4)cccc3C2=O)C(=O)N1. The molecule has 1 saturated carbocycles. The van der Waals surface area contributed by atoms with Gasteiger partial charge in [-0.3, -0.25) is 34.1 Å². The van der Waals surface area contributed by atoms with Crippen LogP contribution in [0.2, 0.25) is 10.0 Å². The molecule has 4 heterocycles. The van der Waals surface area contributed by atoms with Gasteiger partial charge in [-0.15, -0.1) is 0 Å². The number of piperidine rings is 1. The Hall–Kier alpha value is -6.01. The third-order valence-electron chi connectivity index (χ3n) is 14.7. The molecule has 1 unspecified atom stereocenters. The molecule has 0 aromatic heterocycles. The van der Waals surface area contributed by atoms with Crippen molar-refractivity contribution in [1.82, 2.24) is 20.9 Å². The number of anilines is 2. The lowest BCUT2D eigenvalue weighted by atomic mass is 9.55. The zero-order valence-corrected chi connectivity index (χ0v) is 41.2. The number of nitrogens with one attached hydrogen (secondary N) is 5. The molecule has 4 aromatic rings. The van der Waals surface area contributed by atoms with Crippen LogP contribution >= 0.6 is 23.2 Å². The quantitative estimate of drug-likeness (QED) is 0.0603. The third-order valence-corrected chi connectivity index (χ3v) is 15.2. The van der Waals surface area contributed by atoms with Crippen LogP contribution in [0.15, 0.2) is 91.1 Å². The number of carbonyl (C=O) groups excluding carboxylic acids is 6. The monoisotopic (exact) mass is 1020 g/mol. The van der Waals surface area contributed by atoms with Gasteiger partial charge >= 0.3 is 0 Å². The van der Waals surface area contributed by atoms with Crippen molar-refractivity contribution in [1.29, 1.82) is 0 Å². The van der Waals surface area contributed by atoms with Crippen molar-refractivity contribution in [3.63, 3.8) is 0 Å². The number of ether oxygens (including phenoxy) is 3. The summed E-state index contributed by atoms with van der Waals surface area (Å²) in [6.07, 6.45) is 5.25. The fraction of sp³-hybridized carbons (Fsp3) is 0.407. The molecule has 2 spiro atoms. The van der Waals surface area contributed by atoms with E-state index in [9.17, 15) is 28.8 Å². The van der Waals surface area contributed by atoms with E-state index in [1.807, 2.05) is 6.07 Å². The average molecular weight is 1020 g/mol. The lowest BCUT2D eigenvalue weighted by Crippen LogP contribution is -2.60. The number of fused-ring (bicyclic) bond motifs is 4. The van der Waals surface area contributed by atoms with Crippen molar-refractivity contribution in [2.75, 3.05) is 56.8 Å². The number of carbonyl (C=O) groups is 6. The van der Waals surface area contributed by atoms with Crippen LogP contribution in [0.3, 0.4) is 0 Å². The minimum atomic E-state index is -1.36. The van der Waals surface area contributed by atoms with E-state index in [0.717, 1.165) is 30.4 Å². The predicted molar refractivity (Wildman–Crippen MR) is 268 cm³/mol. The van der Waals surface area contributed by atoms with Gasteiger partial charge in [-0.2, -0.15) is 0 Å². The number of ketones is 1. The minimum absolute atomic E-state index is 0.0224. The number of hydrogen-bond donors (Lipinski definition) is 5. The Morgan fingerprint density at radius 2 is 1.57 bits per heavy atom. The second-order valence-corrected chi connectivity index (χ2v) is 19.8. The van der Waals surface area contributed by atoms with E-state index in [0.29, 0.717) is 84.3 Å². The molecule has 4 aromatic carbocycles.